The van der Waals surface area contributed by atoms with Crippen molar-refractivity contribution in [3.8, 4) is 6.07 Å². The third-order valence-corrected chi connectivity index (χ3v) is 3.68. The van der Waals surface area contributed by atoms with E-state index in [2.05, 4.69) is 16.3 Å². The van der Waals surface area contributed by atoms with Crippen molar-refractivity contribution in [2.75, 3.05) is 31.1 Å². The van der Waals surface area contributed by atoms with Gasteiger partial charge in [0.1, 0.15) is 6.54 Å². The van der Waals surface area contributed by atoms with Crippen molar-refractivity contribution in [3.63, 3.8) is 0 Å². The van der Waals surface area contributed by atoms with E-state index in [1.54, 1.807) is 6.20 Å². The Labute approximate surface area is 117 Å². The van der Waals surface area contributed by atoms with E-state index in [4.69, 9.17) is 5.26 Å². The normalized spacial score (nSPS) is 15.2. The lowest BCUT2D eigenvalue weighted by Crippen LogP contribution is -2.43. The van der Waals surface area contributed by atoms with Crippen molar-refractivity contribution in [2.45, 2.75) is 6.54 Å². The van der Waals surface area contributed by atoms with Crippen molar-refractivity contribution in [1.29, 1.82) is 5.26 Å². The first-order chi connectivity index (χ1) is 9.79. The summed E-state index contributed by atoms with van der Waals surface area (Å²) in [6.45, 7) is 4.03. The molecule has 0 bridgehead atoms. The van der Waals surface area contributed by atoms with E-state index in [-0.39, 0.29) is 12.1 Å². The Bertz CT molecular complexity index is 723. The number of pyridine rings is 1. The molecule has 3 rings (SSSR count). The van der Waals surface area contributed by atoms with E-state index in [0.717, 1.165) is 37.3 Å². The molecule has 0 unspecified atom stereocenters. The molecule has 5 nitrogen and oxygen atoms in total. The lowest BCUT2D eigenvalue weighted by Gasteiger charge is -2.29. The fourth-order valence-corrected chi connectivity index (χ4v) is 2.60. The van der Waals surface area contributed by atoms with Crippen LogP contribution in [0.15, 0.2) is 35.3 Å². The summed E-state index contributed by atoms with van der Waals surface area (Å²) in [7, 11) is 0. The average molecular weight is 268 g/mol. The summed E-state index contributed by atoms with van der Waals surface area (Å²) in [5.74, 6) is 0. The van der Waals surface area contributed by atoms with Crippen LogP contribution >= 0.6 is 0 Å². The SMILES string of the molecule is N#CCn1ccc2cc(N3CCNCC3)ccc2c1=O. The van der Waals surface area contributed by atoms with Gasteiger partial charge in [0.2, 0.25) is 0 Å². The second-order valence-corrected chi connectivity index (χ2v) is 4.92. The fourth-order valence-electron chi connectivity index (χ4n) is 2.60. The van der Waals surface area contributed by atoms with Gasteiger partial charge in [-0.1, -0.05) is 0 Å². The molecule has 1 aliphatic heterocycles. The molecule has 0 atom stereocenters. The lowest BCUT2D eigenvalue weighted by molar-refractivity contribution is 0.589. The Kier molecular flexibility index (Phi) is 3.40. The van der Waals surface area contributed by atoms with Crippen molar-refractivity contribution >= 4 is 16.5 Å². The van der Waals surface area contributed by atoms with Crippen LogP contribution in [0.4, 0.5) is 5.69 Å². The van der Waals surface area contributed by atoms with Gasteiger partial charge in [0.05, 0.1) is 6.07 Å². The second-order valence-electron chi connectivity index (χ2n) is 4.92. The number of aromatic nitrogens is 1. The summed E-state index contributed by atoms with van der Waals surface area (Å²) in [4.78, 5) is 14.5. The molecule has 20 heavy (non-hydrogen) atoms. The van der Waals surface area contributed by atoms with Crippen LogP contribution in [-0.4, -0.2) is 30.7 Å². The number of fused-ring (bicyclic) bond motifs is 1. The first-order valence-electron chi connectivity index (χ1n) is 6.75. The molecule has 1 aromatic carbocycles. The summed E-state index contributed by atoms with van der Waals surface area (Å²) in [5.41, 5.74) is 1.05. The summed E-state index contributed by atoms with van der Waals surface area (Å²) in [6, 6.07) is 9.81. The van der Waals surface area contributed by atoms with Gasteiger partial charge in [-0.25, -0.2) is 0 Å². The molecule has 1 aromatic heterocycles. The zero-order valence-electron chi connectivity index (χ0n) is 11.2. The minimum Gasteiger partial charge on any atom is -0.369 e. The maximum Gasteiger partial charge on any atom is 0.259 e. The number of nitrogens with zero attached hydrogens (tertiary/aromatic N) is 3. The van der Waals surface area contributed by atoms with Gasteiger partial charge < -0.3 is 14.8 Å². The minimum absolute atomic E-state index is 0.0916. The van der Waals surface area contributed by atoms with E-state index >= 15 is 0 Å². The van der Waals surface area contributed by atoms with Crippen molar-refractivity contribution < 1.29 is 0 Å². The van der Waals surface area contributed by atoms with Gasteiger partial charge in [-0.3, -0.25) is 4.79 Å². The molecule has 1 fully saturated rings. The van der Waals surface area contributed by atoms with E-state index in [9.17, 15) is 4.79 Å². The molecule has 0 aliphatic carbocycles. The van der Waals surface area contributed by atoms with Gasteiger partial charge in [-0.05, 0) is 29.7 Å². The molecule has 1 saturated heterocycles. The maximum atomic E-state index is 12.2. The number of anilines is 1. The summed E-state index contributed by atoms with van der Waals surface area (Å²) < 4.78 is 1.44. The highest BCUT2D eigenvalue weighted by Crippen LogP contribution is 2.20. The summed E-state index contributed by atoms with van der Waals surface area (Å²) in [5, 5.41) is 13.6. The lowest BCUT2D eigenvalue weighted by atomic mass is 10.1. The fraction of sp³-hybridized carbons (Fsp3) is 0.333. The van der Waals surface area contributed by atoms with Crippen LogP contribution in [0.25, 0.3) is 10.8 Å². The quantitative estimate of drug-likeness (QED) is 0.880. The molecule has 0 amide bonds. The van der Waals surface area contributed by atoms with Crippen LogP contribution in [-0.2, 0) is 6.54 Å². The van der Waals surface area contributed by atoms with Crippen LogP contribution in [0.1, 0.15) is 0 Å². The number of piperazine rings is 1. The van der Waals surface area contributed by atoms with Gasteiger partial charge in [0.15, 0.2) is 0 Å². The van der Waals surface area contributed by atoms with E-state index in [0.29, 0.717) is 5.39 Å². The first kappa shape index (κ1) is 12.7. The van der Waals surface area contributed by atoms with Crippen LogP contribution in [0, 0.1) is 11.3 Å². The Morgan fingerprint density at radius 3 is 2.80 bits per heavy atom. The van der Waals surface area contributed by atoms with Gasteiger partial charge in [-0.15, -0.1) is 0 Å². The maximum absolute atomic E-state index is 12.2. The smallest absolute Gasteiger partial charge is 0.259 e. The summed E-state index contributed by atoms with van der Waals surface area (Å²) >= 11 is 0. The van der Waals surface area contributed by atoms with Crippen LogP contribution in [0.2, 0.25) is 0 Å². The standard InChI is InChI=1S/C15H16N4O/c16-4-8-19-7-3-12-11-13(1-2-14(12)15(19)20)18-9-5-17-6-10-18/h1-3,7,11,17H,5-6,8-10H2. The largest absolute Gasteiger partial charge is 0.369 e. The molecule has 102 valence electrons. The predicted octanol–water partition coefficient (Wildman–Crippen LogP) is 0.935. The topological polar surface area (TPSA) is 61.1 Å². The highest BCUT2D eigenvalue weighted by molar-refractivity contribution is 5.85. The molecule has 1 N–H and O–H groups in total. The molecule has 0 saturated carbocycles. The number of rotatable bonds is 2. The first-order valence-corrected chi connectivity index (χ1v) is 6.75. The Balaban J connectivity index is 2.02. The monoisotopic (exact) mass is 268 g/mol. The number of hydrogen-bond acceptors (Lipinski definition) is 4. The highest BCUT2D eigenvalue weighted by atomic mass is 16.1. The van der Waals surface area contributed by atoms with E-state index < -0.39 is 0 Å². The Morgan fingerprint density at radius 2 is 2.05 bits per heavy atom. The van der Waals surface area contributed by atoms with Crippen molar-refractivity contribution in [3.05, 3.63) is 40.8 Å². The van der Waals surface area contributed by atoms with Crippen LogP contribution < -0.4 is 15.8 Å². The number of hydrogen-bond donors (Lipinski definition) is 1. The number of nitriles is 1. The van der Waals surface area contributed by atoms with Gasteiger partial charge in [0.25, 0.3) is 5.56 Å². The molecule has 0 radical (unpaired) electrons. The Morgan fingerprint density at radius 1 is 1.25 bits per heavy atom. The molecule has 2 heterocycles. The zero-order valence-corrected chi connectivity index (χ0v) is 11.2. The summed E-state index contributed by atoms with van der Waals surface area (Å²) in [6.07, 6.45) is 1.69. The third kappa shape index (κ3) is 2.26. The van der Waals surface area contributed by atoms with E-state index in [1.165, 1.54) is 4.57 Å². The number of nitrogens with one attached hydrogen (secondary N) is 1. The van der Waals surface area contributed by atoms with Crippen LogP contribution in [0.5, 0.6) is 0 Å². The minimum atomic E-state index is -0.101. The molecule has 5 heteroatoms. The molecule has 2 aromatic rings. The highest BCUT2D eigenvalue weighted by Gasteiger charge is 2.11. The zero-order chi connectivity index (χ0) is 13.9. The number of benzene rings is 1. The second kappa shape index (κ2) is 5.35. The molecular weight excluding hydrogens is 252 g/mol. The third-order valence-electron chi connectivity index (χ3n) is 3.68. The molecular formula is C15H16N4O. The predicted molar refractivity (Wildman–Crippen MR) is 78.9 cm³/mol. The van der Waals surface area contributed by atoms with Gasteiger partial charge >= 0.3 is 0 Å². The van der Waals surface area contributed by atoms with Crippen molar-refractivity contribution in [1.82, 2.24) is 9.88 Å². The van der Waals surface area contributed by atoms with E-state index in [1.807, 2.05) is 24.3 Å². The van der Waals surface area contributed by atoms with Crippen LogP contribution in [0.3, 0.4) is 0 Å². The van der Waals surface area contributed by atoms with Crippen molar-refractivity contribution in [2.24, 2.45) is 0 Å². The van der Waals surface area contributed by atoms with Gasteiger partial charge in [0, 0.05) is 43.4 Å². The van der Waals surface area contributed by atoms with Gasteiger partial charge in [-0.2, -0.15) is 5.26 Å². The average Bonchev–Trinajstić information content (AvgIpc) is 2.51. The molecule has 1 aliphatic rings. The molecule has 0 spiro atoms. The Hall–Kier alpha value is -2.32.